The minimum Gasteiger partial charge on any atom is -0.351 e. The van der Waals surface area contributed by atoms with Gasteiger partial charge in [-0.2, -0.15) is 0 Å². The van der Waals surface area contributed by atoms with Crippen molar-refractivity contribution in [1.82, 2.24) is 5.32 Å². The van der Waals surface area contributed by atoms with E-state index in [1.54, 1.807) is 0 Å². The highest BCUT2D eigenvalue weighted by atomic mass is 32.2. The van der Waals surface area contributed by atoms with Gasteiger partial charge in [0.05, 0.1) is 4.75 Å². The van der Waals surface area contributed by atoms with Crippen LogP contribution in [-0.2, 0) is 4.79 Å². The molecule has 1 amide bonds. The molecule has 0 radical (unpaired) electrons. The van der Waals surface area contributed by atoms with Crippen LogP contribution in [-0.4, -0.2) is 22.4 Å². The molecule has 0 spiro atoms. The first kappa shape index (κ1) is 10.9. The van der Waals surface area contributed by atoms with Gasteiger partial charge < -0.3 is 5.32 Å². The lowest BCUT2D eigenvalue weighted by Crippen LogP contribution is -2.53. The fourth-order valence-corrected chi connectivity index (χ4v) is 3.12. The smallest absolute Gasteiger partial charge is 0.236 e. The van der Waals surface area contributed by atoms with Gasteiger partial charge in [0, 0.05) is 11.8 Å². The molecule has 76 valence electrons. The third kappa shape index (κ3) is 2.01. The average molecular weight is 201 g/mol. The highest BCUT2D eigenvalue weighted by molar-refractivity contribution is 8.01. The van der Waals surface area contributed by atoms with Crippen LogP contribution in [0.3, 0.4) is 0 Å². The highest BCUT2D eigenvalue weighted by Gasteiger charge is 2.40. The van der Waals surface area contributed by atoms with Crippen LogP contribution in [0.15, 0.2) is 0 Å². The van der Waals surface area contributed by atoms with E-state index in [9.17, 15) is 4.79 Å². The zero-order chi connectivity index (χ0) is 9.90. The zero-order valence-corrected chi connectivity index (χ0v) is 9.54. The molecule has 0 aliphatic carbocycles. The van der Waals surface area contributed by atoms with Crippen molar-refractivity contribution >= 4 is 17.7 Å². The molecule has 1 unspecified atom stereocenters. The molecule has 1 aliphatic rings. The van der Waals surface area contributed by atoms with Crippen molar-refractivity contribution in [2.45, 2.75) is 50.8 Å². The van der Waals surface area contributed by atoms with E-state index in [2.05, 4.69) is 26.1 Å². The number of rotatable bonds is 3. The molecule has 0 aromatic rings. The second kappa shape index (κ2) is 4.36. The van der Waals surface area contributed by atoms with E-state index in [1.165, 1.54) is 0 Å². The van der Waals surface area contributed by atoms with Crippen LogP contribution < -0.4 is 5.32 Å². The molecule has 3 heteroatoms. The Morgan fingerprint density at radius 2 is 2.08 bits per heavy atom. The molecular weight excluding hydrogens is 182 g/mol. The molecule has 0 aromatic carbocycles. The molecule has 1 heterocycles. The van der Waals surface area contributed by atoms with Crippen LogP contribution in [0.2, 0.25) is 0 Å². The van der Waals surface area contributed by atoms with Gasteiger partial charge in [0.2, 0.25) is 5.91 Å². The lowest BCUT2D eigenvalue weighted by molar-refractivity contribution is -0.124. The van der Waals surface area contributed by atoms with Crippen molar-refractivity contribution in [2.75, 3.05) is 5.75 Å². The number of amides is 1. The Hall–Kier alpha value is -0.180. The molecule has 1 saturated heterocycles. The average Bonchev–Trinajstić information content (AvgIpc) is 2.18. The number of thioether (sulfide) groups is 1. The van der Waals surface area contributed by atoms with Gasteiger partial charge in [-0.05, 0) is 19.3 Å². The summed E-state index contributed by atoms with van der Waals surface area (Å²) in [5.41, 5.74) is 0. The van der Waals surface area contributed by atoms with E-state index in [0.717, 1.165) is 25.0 Å². The van der Waals surface area contributed by atoms with E-state index in [4.69, 9.17) is 0 Å². The van der Waals surface area contributed by atoms with Crippen molar-refractivity contribution < 1.29 is 4.79 Å². The lowest BCUT2D eigenvalue weighted by atomic mass is 10.00. The van der Waals surface area contributed by atoms with Crippen molar-refractivity contribution in [3.63, 3.8) is 0 Å². The predicted octanol–water partition coefficient (Wildman–Crippen LogP) is 2.19. The van der Waals surface area contributed by atoms with Gasteiger partial charge in [0.15, 0.2) is 0 Å². The molecule has 1 rings (SSSR count). The van der Waals surface area contributed by atoms with Crippen LogP contribution >= 0.6 is 11.8 Å². The van der Waals surface area contributed by atoms with E-state index in [-0.39, 0.29) is 10.7 Å². The Labute approximate surface area is 84.9 Å². The topological polar surface area (TPSA) is 29.1 Å². The predicted molar refractivity (Wildman–Crippen MR) is 58.0 cm³/mol. The van der Waals surface area contributed by atoms with Gasteiger partial charge in [-0.1, -0.05) is 20.8 Å². The minimum absolute atomic E-state index is 0.133. The highest BCUT2D eigenvalue weighted by Crippen LogP contribution is 2.36. The summed E-state index contributed by atoms with van der Waals surface area (Å²) >= 11 is 1.84. The fraction of sp³-hybridized carbons (Fsp3) is 0.900. The Morgan fingerprint density at radius 1 is 1.46 bits per heavy atom. The molecule has 13 heavy (non-hydrogen) atoms. The van der Waals surface area contributed by atoms with Crippen molar-refractivity contribution in [2.24, 2.45) is 0 Å². The zero-order valence-electron chi connectivity index (χ0n) is 8.72. The Kier molecular flexibility index (Phi) is 3.65. The molecule has 1 N–H and O–H groups in total. The summed E-state index contributed by atoms with van der Waals surface area (Å²) in [6.07, 6.45) is 2.93. The second-order valence-corrected chi connectivity index (χ2v) is 4.99. The molecule has 1 atom stereocenters. The Morgan fingerprint density at radius 3 is 2.46 bits per heavy atom. The van der Waals surface area contributed by atoms with Gasteiger partial charge in [-0.3, -0.25) is 4.79 Å². The lowest BCUT2D eigenvalue weighted by Gasteiger charge is -2.37. The van der Waals surface area contributed by atoms with Crippen LogP contribution in [0.1, 0.15) is 40.0 Å². The monoisotopic (exact) mass is 201 g/mol. The SMILES string of the molecule is CCC1CSC(CC)(CC)C(=O)N1. The van der Waals surface area contributed by atoms with Crippen LogP contribution in [0.4, 0.5) is 0 Å². The molecule has 1 aliphatic heterocycles. The largest absolute Gasteiger partial charge is 0.351 e. The standard InChI is InChI=1S/C10H19NOS/c1-4-8-7-13-10(5-2,6-3)9(12)11-8/h8H,4-7H2,1-3H3,(H,11,12). The maximum absolute atomic E-state index is 11.8. The first-order chi connectivity index (χ1) is 6.18. The Balaban J connectivity index is 2.66. The molecular formula is C10H19NOS. The summed E-state index contributed by atoms with van der Waals surface area (Å²) in [4.78, 5) is 11.8. The number of carbonyl (C=O) groups excluding carboxylic acids is 1. The summed E-state index contributed by atoms with van der Waals surface area (Å²) in [6, 6.07) is 0.392. The van der Waals surface area contributed by atoms with E-state index in [0.29, 0.717) is 6.04 Å². The molecule has 0 saturated carbocycles. The normalized spacial score (nSPS) is 27.0. The summed E-state index contributed by atoms with van der Waals surface area (Å²) in [5.74, 6) is 1.32. The van der Waals surface area contributed by atoms with E-state index < -0.39 is 0 Å². The van der Waals surface area contributed by atoms with Crippen LogP contribution in [0.5, 0.6) is 0 Å². The van der Waals surface area contributed by atoms with Crippen molar-refractivity contribution in [1.29, 1.82) is 0 Å². The Bertz CT molecular complexity index is 189. The number of hydrogen-bond acceptors (Lipinski definition) is 2. The van der Waals surface area contributed by atoms with E-state index in [1.807, 2.05) is 11.8 Å². The molecule has 1 fully saturated rings. The summed E-state index contributed by atoms with van der Waals surface area (Å²) in [7, 11) is 0. The van der Waals surface area contributed by atoms with Gasteiger partial charge >= 0.3 is 0 Å². The molecule has 0 aromatic heterocycles. The molecule has 2 nitrogen and oxygen atoms in total. The van der Waals surface area contributed by atoms with Gasteiger partial charge in [-0.15, -0.1) is 11.8 Å². The third-order valence-corrected chi connectivity index (χ3v) is 4.83. The fourth-order valence-electron chi connectivity index (χ4n) is 1.68. The summed E-state index contributed by atoms with van der Waals surface area (Å²) in [5, 5.41) is 3.10. The van der Waals surface area contributed by atoms with E-state index >= 15 is 0 Å². The number of hydrogen-bond donors (Lipinski definition) is 1. The quantitative estimate of drug-likeness (QED) is 0.758. The summed E-state index contributed by atoms with van der Waals surface area (Å²) < 4.78 is -0.133. The maximum Gasteiger partial charge on any atom is 0.236 e. The van der Waals surface area contributed by atoms with Gasteiger partial charge in [0.25, 0.3) is 0 Å². The van der Waals surface area contributed by atoms with Crippen LogP contribution in [0, 0.1) is 0 Å². The maximum atomic E-state index is 11.8. The van der Waals surface area contributed by atoms with Crippen LogP contribution in [0.25, 0.3) is 0 Å². The van der Waals surface area contributed by atoms with Gasteiger partial charge in [0.1, 0.15) is 0 Å². The number of nitrogens with one attached hydrogen (secondary N) is 1. The first-order valence-corrected chi connectivity index (χ1v) is 6.12. The van der Waals surface area contributed by atoms with Crippen molar-refractivity contribution in [3.05, 3.63) is 0 Å². The number of carbonyl (C=O) groups is 1. The first-order valence-electron chi connectivity index (χ1n) is 5.13. The van der Waals surface area contributed by atoms with Crippen molar-refractivity contribution in [3.8, 4) is 0 Å². The minimum atomic E-state index is -0.133. The molecule has 0 bridgehead atoms. The summed E-state index contributed by atoms with van der Waals surface area (Å²) in [6.45, 7) is 6.32. The third-order valence-electron chi connectivity index (χ3n) is 2.94. The van der Waals surface area contributed by atoms with Gasteiger partial charge in [-0.25, -0.2) is 0 Å². The second-order valence-electron chi connectivity index (χ2n) is 3.59.